The van der Waals surface area contributed by atoms with Gasteiger partial charge in [0.1, 0.15) is 24.0 Å². The lowest BCUT2D eigenvalue weighted by molar-refractivity contribution is 0.279. The number of rotatable bonds is 8. The van der Waals surface area contributed by atoms with E-state index in [9.17, 15) is 10.2 Å². The number of allylic oxidation sites excluding steroid dienone is 2. The highest BCUT2D eigenvalue weighted by atomic mass is 16.5. The number of hydrogen-bond donors (Lipinski definition) is 2. The van der Waals surface area contributed by atoms with E-state index in [1.807, 2.05) is 0 Å². The van der Waals surface area contributed by atoms with Crippen molar-refractivity contribution in [2.45, 2.75) is 53.4 Å². The Morgan fingerprint density at radius 2 is 1.29 bits per heavy atom. The number of aliphatic hydroxyl groups excluding tert-OH is 2. The number of hydrogen-bond acceptors (Lipinski definition) is 3. The van der Waals surface area contributed by atoms with E-state index in [-0.39, 0.29) is 11.5 Å². The van der Waals surface area contributed by atoms with Crippen molar-refractivity contribution in [1.29, 1.82) is 0 Å². The maximum absolute atomic E-state index is 9.52. The summed E-state index contributed by atoms with van der Waals surface area (Å²) in [6, 6.07) is 0. The van der Waals surface area contributed by atoms with Crippen molar-refractivity contribution in [1.82, 2.24) is 0 Å². The van der Waals surface area contributed by atoms with Gasteiger partial charge in [0.05, 0.1) is 0 Å². The van der Waals surface area contributed by atoms with Crippen LogP contribution in [0.3, 0.4) is 0 Å². The molecule has 100 valence electrons. The average molecular weight is 242 g/mol. The van der Waals surface area contributed by atoms with Gasteiger partial charge in [-0.15, -0.1) is 0 Å². The molecule has 0 fully saturated rings. The van der Waals surface area contributed by atoms with Crippen molar-refractivity contribution < 1.29 is 14.9 Å². The van der Waals surface area contributed by atoms with Gasteiger partial charge in [-0.1, -0.05) is 40.5 Å². The molecule has 0 rings (SSSR count). The lowest BCUT2D eigenvalue weighted by Gasteiger charge is -2.07. The zero-order chi connectivity index (χ0) is 13.3. The largest absolute Gasteiger partial charge is 0.509 e. The smallest absolute Gasteiger partial charge is 0.128 e. The summed E-state index contributed by atoms with van der Waals surface area (Å²) in [5, 5.41) is 19.0. The molecule has 3 nitrogen and oxygen atoms in total. The zero-order valence-corrected chi connectivity index (χ0v) is 11.4. The predicted octanol–water partition coefficient (Wildman–Crippen LogP) is 4.67. The first-order chi connectivity index (χ1) is 7.99. The van der Waals surface area contributed by atoms with Crippen molar-refractivity contribution in [2.75, 3.05) is 0 Å². The minimum absolute atomic E-state index is 0.215. The summed E-state index contributed by atoms with van der Waals surface area (Å²) < 4.78 is 5.02. The second-order valence-corrected chi connectivity index (χ2v) is 4.79. The summed E-state index contributed by atoms with van der Waals surface area (Å²) >= 11 is 0. The van der Waals surface area contributed by atoms with Gasteiger partial charge < -0.3 is 14.9 Å². The maximum Gasteiger partial charge on any atom is 0.128 e. The van der Waals surface area contributed by atoms with Crippen molar-refractivity contribution in [3.05, 3.63) is 24.0 Å². The van der Waals surface area contributed by atoms with Crippen LogP contribution >= 0.6 is 0 Å². The van der Waals surface area contributed by atoms with Gasteiger partial charge in [0.2, 0.25) is 0 Å². The highest BCUT2D eigenvalue weighted by Crippen LogP contribution is 2.14. The fourth-order valence-corrected chi connectivity index (χ4v) is 1.29. The molecule has 0 aromatic heterocycles. The molecule has 0 amide bonds. The molecule has 2 unspecified atom stereocenters. The van der Waals surface area contributed by atoms with Crippen molar-refractivity contribution in [3.63, 3.8) is 0 Å². The molecule has 0 saturated heterocycles. The molecule has 0 aromatic carbocycles. The fraction of sp³-hybridized carbons (Fsp3) is 0.714. The predicted molar refractivity (Wildman–Crippen MR) is 70.7 cm³/mol. The first-order valence-electron chi connectivity index (χ1n) is 6.40. The standard InChI is InChI=1S/C14H26O3/c1-5-11(3)7-13(15)9-17-10-14(16)8-12(4)6-2/h9-12,15-16H,5-8H2,1-4H3. The van der Waals surface area contributed by atoms with Crippen molar-refractivity contribution >= 4 is 0 Å². The van der Waals surface area contributed by atoms with E-state index in [0.29, 0.717) is 24.7 Å². The molecule has 0 radical (unpaired) electrons. The summed E-state index contributed by atoms with van der Waals surface area (Å²) in [4.78, 5) is 0. The van der Waals surface area contributed by atoms with Gasteiger partial charge in [0, 0.05) is 12.8 Å². The molecular formula is C14H26O3. The molecule has 0 bridgehead atoms. The second kappa shape index (κ2) is 8.97. The maximum atomic E-state index is 9.52. The third-order valence-corrected chi connectivity index (χ3v) is 2.92. The summed E-state index contributed by atoms with van der Waals surface area (Å²) in [5.74, 6) is 1.30. The molecule has 0 spiro atoms. The third kappa shape index (κ3) is 8.66. The van der Waals surface area contributed by atoms with Crippen LogP contribution in [0.5, 0.6) is 0 Å². The Kier molecular flexibility index (Phi) is 8.38. The second-order valence-electron chi connectivity index (χ2n) is 4.79. The normalized spacial score (nSPS) is 16.7. The monoisotopic (exact) mass is 242 g/mol. The van der Waals surface area contributed by atoms with Crippen LogP contribution in [0.1, 0.15) is 53.4 Å². The van der Waals surface area contributed by atoms with Crippen LogP contribution in [0.2, 0.25) is 0 Å². The molecule has 0 aliphatic carbocycles. The Morgan fingerprint density at radius 1 is 0.941 bits per heavy atom. The molecule has 2 N–H and O–H groups in total. The van der Waals surface area contributed by atoms with Crippen LogP contribution in [0.15, 0.2) is 24.0 Å². The van der Waals surface area contributed by atoms with Crippen LogP contribution in [0.4, 0.5) is 0 Å². The van der Waals surface area contributed by atoms with Crippen LogP contribution in [0, 0.1) is 11.8 Å². The van der Waals surface area contributed by atoms with E-state index < -0.39 is 0 Å². The van der Waals surface area contributed by atoms with Crippen molar-refractivity contribution in [3.8, 4) is 0 Å². The van der Waals surface area contributed by atoms with E-state index >= 15 is 0 Å². The minimum Gasteiger partial charge on any atom is -0.509 e. The van der Waals surface area contributed by atoms with Crippen LogP contribution in [-0.2, 0) is 4.74 Å². The van der Waals surface area contributed by atoms with Gasteiger partial charge in [-0.25, -0.2) is 0 Å². The summed E-state index contributed by atoms with van der Waals surface area (Å²) in [5.41, 5.74) is 0. The van der Waals surface area contributed by atoms with E-state index in [1.165, 1.54) is 12.5 Å². The first-order valence-corrected chi connectivity index (χ1v) is 6.40. The van der Waals surface area contributed by atoms with Gasteiger partial charge in [-0.3, -0.25) is 0 Å². The quantitative estimate of drug-likeness (QED) is 0.608. The summed E-state index contributed by atoms with van der Waals surface area (Å²) in [6.07, 6.45) is 5.84. The first kappa shape index (κ1) is 15.9. The van der Waals surface area contributed by atoms with E-state index in [1.54, 1.807) is 0 Å². The molecule has 17 heavy (non-hydrogen) atoms. The Balaban J connectivity index is 4.01. The number of ether oxygens (including phenoxy) is 1. The highest BCUT2D eigenvalue weighted by molar-refractivity contribution is 4.91. The van der Waals surface area contributed by atoms with Gasteiger partial charge >= 0.3 is 0 Å². The zero-order valence-electron chi connectivity index (χ0n) is 11.4. The molecule has 2 atom stereocenters. The summed E-state index contributed by atoms with van der Waals surface area (Å²) in [6.45, 7) is 8.30. The molecule has 0 aromatic rings. The minimum atomic E-state index is 0.215. The van der Waals surface area contributed by atoms with E-state index in [0.717, 1.165) is 12.8 Å². The highest BCUT2D eigenvalue weighted by Gasteiger charge is 2.03. The van der Waals surface area contributed by atoms with E-state index in [2.05, 4.69) is 27.7 Å². The molecular weight excluding hydrogens is 216 g/mol. The van der Waals surface area contributed by atoms with Crippen molar-refractivity contribution in [2.24, 2.45) is 11.8 Å². The lowest BCUT2D eigenvalue weighted by Crippen LogP contribution is -1.96. The summed E-state index contributed by atoms with van der Waals surface area (Å²) in [7, 11) is 0. The fourth-order valence-electron chi connectivity index (χ4n) is 1.29. The Hall–Kier alpha value is -1.12. The third-order valence-electron chi connectivity index (χ3n) is 2.92. The molecule has 0 heterocycles. The average Bonchev–Trinajstić information content (AvgIpc) is 2.28. The Morgan fingerprint density at radius 3 is 1.59 bits per heavy atom. The Labute approximate surface area is 105 Å². The van der Waals surface area contributed by atoms with Gasteiger partial charge in [0.25, 0.3) is 0 Å². The topological polar surface area (TPSA) is 49.7 Å². The molecule has 0 aliphatic rings. The van der Waals surface area contributed by atoms with Crippen LogP contribution < -0.4 is 0 Å². The van der Waals surface area contributed by atoms with Crippen LogP contribution in [-0.4, -0.2) is 10.2 Å². The van der Waals surface area contributed by atoms with Gasteiger partial charge in [-0.05, 0) is 11.8 Å². The SMILES string of the molecule is CCC(C)CC(O)=COC=C(O)CC(C)CC. The molecule has 0 aliphatic heterocycles. The lowest BCUT2D eigenvalue weighted by atomic mass is 10.0. The van der Waals surface area contributed by atoms with Gasteiger partial charge in [-0.2, -0.15) is 0 Å². The number of aliphatic hydroxyl groups is 2. The van der Waals surface area contributed by atoms with Crippen LogP contribution in [0.25, 0.3) is 0 Å². The molecule has 0 saturated carbocycles. The Bertz CT molecular complexity index is 230. The van der Waals surface area contributed by atoms with E-state index in [4.69, 9.17) is 4.74 Å². The van der Waals surface area contributed by atoms with Gasteiger partial charge in [0.15, 0.2) is 0 Å². The molecule has 3 heteroatoms.